The van der Waals surface area contributed by atoms with Gasteiger partial charge < -0.3 is 14.8 Å². The highest BCUT2D eigenvalue weighted by atomic mass is 32.1. The lowest BCUT2D eigenvalue weighted by atomic mass is 9.96. The number of rotatable bonds is 5. The number of benzene rings is 1. The van der Waals surface area contributed by atoms with Gasteiger partial charge in [-0.1, -0.05) is 29.8 Å². The summed E-state index contributed by atoms with van der Waals surface area (Å²) in [5, 5.41) is 4.30. The fraction of sp³-hybridized carbons (Fsp3) is 0.276. The zero-order chi connectivity index (χ0) is 24.7. The van der Waals surface area contributed by atoms with Crippen LogP contribution in [0.15, 0.2) is 67.0 Å². The molecule has 6 heteroatoms. The van der Waals surface area contributed by atoms with Crippen molar-refractivity contribution in [1.29, 1.82) is 0 Å². The lowest BCUT2D eigenvalue weighted by Gasteiger charge is -2.28. The number of thiocarbonyl (C=S) groups is 1. The van der Waals surface area contributed by atoms with Crippen molar-refractivity contribution >= 4 is 17.3 Å². The van der Waals surface area contributed by atoms with Crippen molar-refractivity contribution in [1.82, 2.24) is 24.8 Å². The van der Waals surface area contributed by atoms with E-state index in [0.29, 0.717) is 6.54 Å². The van der Waals surface area contributed by atoms with Gasteiger partial charge in [0.1, 0.15) is 0 Å². The quantitative estimate of drug-likeness (QED) is 0.355. The predicted octanol–water partition coefficient (Wildman–Crippen LogP) is 5.98. The summed E-state index contributed by atoms with van der Waals surface area (Å²) in [6.07, 6.45) is 3.68. The molecular weight excluding hydrogens is 450 g/mol. The van der Waals surface area contributed by atoms with Gasteiger partial charge in [0.05, 0.1) is 35.7 Å². The highest BCUT2D eigenvalue weighted by Crippen LogP contribution is 2.42. The molecule has 4 heterocycles. The number of aromatic nitrogens is 3. The number of pyridine rings is 2. The molecule has 1 aliphatic rings. The van der Waals surface area contributed by atoms with Crippen molar-refractivity contribution in [3.63, 3.8) is 0 Å². The molecule has 1 saturated heterocycles. The average Bonchev–Trinajstić information content (AvgIpc) is 3.30. The van der Waals surface area contributed by atoms with Gasteiger partial charge >= 0.3 is 0 Å². The van der Waals surface area contributed by atoms with E-state index in [0.717, 1.165) is 16.5 Å². The average molecular weight is 482 g/mol. The Balaban J connectivity index is 1.65. The molecular formula is C29H31N5S. The molecule has 178 valence electrons. The topological polar surface area (TPSA) is 46.0 Å². The number of nitrogens with zero attached hydrogens (tertiary/aromatic N) is 4. The van der Waals surface area contributed by atoms with E-state index in [2.05, 4.69) is 84.7 Å². The van der Waals surface area contributed by atoms with Gasteiger partial charge in [-0.2, -0.15) is 0 Å². The third kappa shape index (κ3) is 4.23. The first-order valence-electron chi connectivity index (χ1n) is 12.0. The molecule has 1 fully saturated rings. The molecule has 5 rings (SSSR count). The van der Waals surface area contributed by atoms with Crippen LogP contribution in [0.3, 0.4) is 0 Å². The van der Waals surface area contributed by atoms with E-state index in [1.807, 2.05) is 36.7 Å². The van der Waals surface area contributed by atoms with Gasteiger partial charge in [-0.05, 0) is 93.9 Å². The minimum Gasteiger partial charge on any atom is -0.352 e. The molecule has 5 nitrogen and oxygen atoms in total. The summed E-state index contributed by atoms with van der Waals surface area (Å²) in [5.74, 6) is 0. The van der Waals surface area contributed by atoms with E-state index >= 15 is 0 Å². The standard InChI is InChI=1S/C29H31N5S/c1-18-14-19(2)27(20(3)15-18)34-21(4)16-24(22(34)5)28-26(25-11-7-9-13-31-25)32-29(35)33(28)17-23-10-6-8-12-30-23/h6-16,26,28H,17H2,1-5H3,(H,32,35)/t26-,28-/m0/s1. The van der Waals surface area contributed by atoms with E-state index < -0.39 is 0 Å². The number of nitrogens with one attached hydrogen (secondary N) is 1. The molecule has 0 amide bonds. The predicted molar refractivity (Wildman–Crippen MR) is 145 cm³/mol. The normalized spacial score (nSPS) is 17.6. The molecule has 1 N–H and O–H groups in total. The van der Waals surface area contributed by atoms with Gasteiger partial charge in [-0.3, -0.25) is 9.97 Å². The van der Waals surface area contributed by atoms with Gasteiger partial charge in [0, 0.05) is 23.8 Å². The largest absolute Gasteiger partial charge is 0.352 e. The van der Waals surface area contributed by atoms with Crippen LogP contribution in [0.4, 0.5) is 0 Å². The second-order valence-corrected chi connectivity index (χ2v) is 9.87. The number of hydrogen-bond donors (Lipinski definition) is 1. The third-order valence-corrected chi connectivity index (χ3v) is 7.26. The van der Waals surface area contributed by atoms with Crippen LogP contribution in [-0.2, 0) is 6.54 Å². The van der Waals surface area contributed by atoms with Crippen LogP contribution in [0.1, 0.15) is 57.1 Å². The summed E-state index contributed by atoms with van der Waals surface area (Å²) in [6.45, 7) is 11.6. The Hall–Kier alpha value is -3.51. The third-order valence-electron chi connectivity index (χ3n) is 6.90. The summed E-state index contributed by atoms with van der Waals surface area (Å²) in [6, 6.07) is 18.9. The minimum absolute atomic E-state index is 0.00887. The van der Waals surface area contributed by atoms with Gasteiger partial charge in [-0.25, -0.2) is 0 Å². The van der Waals surface area contributed by atoms with Crippen molar-refractivity contribution in [2.24, 2.45) is 0 Å². The van der Waals surface area contributed by atoms with E-state index in [9.17, 15) is 0 Å². The summed E-state index contributed by atoms with van der Waals surface area (Å²) < 4.78 is 2.40. The van der Waals surface area contributed by atoms with Crippen LogP contribution in [0.5, 0.6) is 0 Å². The van der Waals surface area contributed by atoms with Crippen molar-refractivity contribution in [3.8, 4) is 5.69 Å². The second-order valence-electron chi connectivity index (χ2n) is 9.48. The van der Waals surface area contributed by atoms with Gasteiger partial charge in [0.25, 0.3) is 0 Å². The molecule has 35 heavy (non-hydrogen) atoms. The molecule has 1 aromatic carbocycles. The molecule has 0 aliphatic carbocycles. The van der Waals surface area contributed by atoms with Gasteiger partial charge in [0.15, 0.2) is 5.11 Å². The molecule has 4 aromatic rings. The Morgan fingerprint density at radius 3 is 2.20 bits per heavy atom. The molecule has 3 aromatic heterocycles. The molecule has 0 saturated carbocycles. The fourth-order valence-corrected chi connectivity index (χ4v) is 5.84. The van der Waals surface area contributed by atoms with Crippen LogP contribution < -0.4 is 5.32 Å². The maximum atomic E-state index is 5.88. The highest BCUT2D eigenvalue weighted by Gasteiger charge is 2.41. The van der Waals surface area contributed by atoms with Gasteiger partial charge in [0.2, 0.25) is 0 Å². The van der Waals surface area contributed by atoms with Crippen molar-refractivity contribution in [2.75, 3.05) is 0 Å². The first-order valence-corrected chi connectivity index (χ1v) is 12.4. The fourth-order valence-electron chi connectivity index (χ4n) is 5.54. The van der Waals surface area contributed by atoms with E-state index in [-0.39, 0.29) is 12.1 Å². The molecule has 0 spiro atoms. The maximum absolute atomic E-state index is 5.88. The second kappa shape index (κ2) is 9.27. The first-order chi connectivity index (χ1) is 16.8. The summed E-state index contributed by atoms with van der Waals surface area (Å²) in [4.78, 5) is 11.5. The molecule has 1 aliphatic heterocycles. The summed E-state index contributed by atoms with van der Waals surface area (Å²) in [7, 11) is 0. The van der Waals surface area contributed by atoms with E-state index in [4.69, 9.17) is 17.2 Å². The summed E-state index contributed by atoms with van der Waals surface area (Å²) >= 11 is 5.88. The number of aryl methyl sites for hydroxylation is 4. The lowest BCUT2D eigenvalue weighted by Crippen LogP contribution is -2.29. The Morgan fingerprint density at radius 2 is 1.57 bits per heavy atom. The first kappa shape index (κ1) is 23.2. The minimum atomic E-state index is -0.0541. The molecule has 0 unspecified atom stereocenters. The monoisotopic (exact) mass is 481 g/mol. The zero-order valence-electron chi connectivity index (χ0n) is 20.9. The smallest absolute Gasteiger partial charge is 0.170 e. The van der Waals surface area contributed by atoms with Crippen LogP contribution in [0, 0.1) is 34.6 Å². The Morgan fingerprint density at radius 1 is 0.886 bits per heavy atom. The molecule has 0 bridgehead atoms. The van der Waals surface area contributed by atoms with Crippen molar-refractivity contribution < 1.29 is 0 Å². The van der Waals surface area contributed by atoms with Crippen LogP contribution >= 0.6 is 12.2 Å². The van der Waals surface area contributed by atoms with Crippen LogP contribution in [-0.4, -0.2) is 24.5 Å². The molecule has 2 atom stereocenters. The van der Waals surface area contributed by atoms with E-state index in [1.165, 1.54) is 39.3 Å². The highest BCUT2D eigenvalue weighted by molar-refractivity contribution is 7.80. The lowest BCUT2D eigenvalue weighted by molar-refractivity contribution is 0.307. The maximum Gasteiger partial charge on any atom is 0.170 e. The van der Waals surface area contributed by atoms with Crippen LogP contribution in [0.25, 0.3) is 5.69 Å². The SMILES string of the molecule is Cc1cc(C)c(-n2c(C)cc([C@H]3[C@H](c4ccccn4)NC(=S)N3Cc3ccccn3)c2C)c(C)c1. The van der Waals surface area contributed by atoms with E-state index in [1.54, 1.807) is 0 Å². The zero-order valence-corrected chi connectivity index (χ0v) is 21.7. The molecule has 0 radical (unpaired) electrons. The van der Waals surface area contributed by atoms with Crippen LogP contribution in [0.2, 0.25) is 0 Å². The summed E-state index contributed by atoms with van der Waals surface area (Å²) in [5.41, 5.74) is 10.8. The van der Waals surface area contributed by atoms with Crippen molar-refractivity contribution in [3.05, 3.63) is 112 Å². The Bertz CT molecular complexity index is 1350. The van der Waals surface area contributed by atoms with Crippen molar-refractivity contribution in [2.45, 2.75) is 53.2 Å². The number of hydrogen-bond acceptors (Lipinski definition) is 3. The Kier molecular flexibility index (Phi) is 6.15. The van der Waals surface area contributed by atoms with Gasteiger partial charge in [-0.15, -0.1) is 0 Å². The Labute approximate surface area is 212 Å².